The summed E-state index contributed by atoms with van der Waals surface area (Å²) < 4.78 is 13.1. The predicted molar refractivity (Wildman–Crippen MR) is 72.6 cm³/mol. The zero-order valence-electron chi connectivity index (χ0n) is 10.1. The Hall–Kier alpha value is -0.310. The van der Waals surface area contributed by atoms with Crippen LogP contribution in [-0.4, -0.2) is 22.4 Å². The summed E-state index contributed by atoms with van der Waals surface area (Å²) in [5.41, 5.74) is 1.09. The zero-order chi connectivity index (χ0) is 12.7. The van der Waals surface area contributed by atoms with E-state index >= 15 is 0 Å². The molecule has 2 saturated heterocycles. The second-order valence-corrected chi connectivity index (χ2v) is 6.40. The fraction of sp³-hybridized carbons (Fsp3) is 0.571. The molecule has 1 aromatic carbocycles. The van der Waals surface area contributed by atoms with Crippen LogP contribution in [0.15, 0.2) is 18.2 Å². The molecule has 2 aliphatic heterocycles. The van der Waals surface area contributed by atoms with Crippen molar-refractivity contribution in [2.24, 2.45) is 0 Å². The van der Waals surface area contributed by atoms with Gasteiger partial charge in [0, 0.05) is 24.0 Å². The van der Waals surface area contributed by atoms with Gasteiger partial charge in [-0.15, -0.1) is 11.6 Å². The fourth-order valence-corrected chi connectivity index (χ4v) is 3.93. The van der Waals surface area contributed by atoms with Crippen LogP contribution in [0.5, 0.6) is 0 Å². The van der Waals surface area contributed by atoms with Crippen molar-refractivity contribution in [3.05, 3.63) is 34.6 Å². The SMILES string of the molecule is Fc1ccc(CN2C3CCC2CC(Cl)C3)cc1Cl. The minimum atomic E-state index is -0.345. The quantitative estimate of drug-likeness (QED) is 0.737. The van der Waals surface area contributed by atoms with Crippen LogP contribution in [0.4, 0.5) is 4.39 Å². The van der Waals surface area contributed by atoms with Gasteiger partial charge in [0.25, 0.3) is 0 Å². The van der Waals surface area contributed by atoms with E-state index in [0.29, 0.717) is 17.5 Å². The van der Waals surface area contributed by atoms with Gasteiger partial charge in [0.15, 0.2) is 0 Å². The summed E-state index contributed by atoms with van der Waals surface area (Å²) in [6.45, 7) is 0.860. The molecule has 4 heteroatoms. The van der Waals surface area contributed by atoms with E-state index in [0.717, 1.165) is 24.9 Å². The highest BCUT2D eigenvalue weighted by molar-refractivity contribution is 6.30. The molecule has 0 saturated carbocycles. The first-order valence-electron chi connectivity index (χ1n) is 6.47. The lowest BCUT2D eigenvalue weighted by Gasteiger charge is -2.37. The maximum Gasteiger partial charge on any atom is 0.141 e. The van der Waals surface area contributed by atoms with Crippen LogP contribution in [0.3, 0.4) is 0 Å². The molecule has 2 aliphatic rings. The van der Waals surface area contributed by atoms with Crippen molar-refractivity contribution >= 4 is 23.2 Å². The van der Waals surface area contributed by atoms with E-state index in [4.69, 9.17) is 23.2 Å². The molecule has 0 radical (unpaired) electrons. The number of piperidine rings is 1. The first kappa shape index (κ1) is 12.7. The second-order valence-electron chi connectivity index (χ2n) is 5.37. The number of halogens is 3. The number of hydrogen-bond acceptors (Lipinski definition) is 1. The third-order valence-electron chi connectivity index (χ3n) is 4.18. The summed E-state index contributed by atoms with van der Waals surface area (Å²) in [5.74, 6) is -0.345. The Morgan fingerprint density at radius 2 is 1.89 bits per heavy atom. The molecule has 2 bridgehead atoms. The molecule has 3 rings (SSSR count). The van der Waals surface area contributed by atoms with Gasteiger partial charge in [-0.25, -0.2) is 4.39 Å². The Kier molecular flexibility index (Phi) is 3.52. The molecule has 18 heavy (non-hydrogen) atoms. The number of benzene rings is 1. The van der Waals surface area contributed by atoms with Crippen molar-refractivity contribution in [2.75, 3.05) is 0 Å². The Morgan fingerprint density at radius 3 is 2.50 bits per heavy atom. The first-order valence-corrected chi connectivity index (χ1v) is 7.28. The number of hydrogen-bond donors (Lipinski definition) is 0. The molecule has 0 aromatic heterocycles. The molecule has 0 N–H and O–H groups in total. The van der Waals surface area contributed by atoms with E-state index < -0.39 is 0 Å². The van der Waals surface area contributed by atoms with E-state index in [1.54, 1.807) is 6.07 Å². The van der Waals surface area contributed by atoms with Crippen molar-refractivity contribution in [1.29, 1.82) is 0 Å². The lowest BCUT2D eigenvalue weighted by Crippen LogP contribution is -2.42. The maximum atomic E-state index is 13.1. The zero-order valence-corrected chi connectivity index (χ0v) is 11.6. The summed E-state index contributed by atoms with van der Waals surface area (Å²) in [7, 11) is 0. The Morgan fingerprint density at radius 1 is 1.22 bits per heavy atom. The summed E-state index contributed by atoms with van der Waals surface area (Å²) in [4.78, 5) is 2.52. The van der Waals surface area contributed by atoms with Crippen LogP contribution in [0, 0.1) is 5.82 Å². The molecule has 2 heterocycles. The van der Waals surface area contributed by atoms with Crippen LogP contribution in [0.1, 0.15) is 31.2 Å². The average molecular weight is 288 g/mol. The van der Waals surface area contributed by atoms with Gasteiger partial charge in [-0.3, -0.25) is 4.90 Å². The van der Waals surface area contributed by atoms with E-state index in [9.17, 15) is 4.39 Å². The normalized spacial score (nSPS) is 31.8. The van der Waals surface area contributed by atoms with Crippen LogP contribution >= 0.6 is 23.2 Å². The molecular formula is C14H16Cl2FN. The molecule has 2 fully saturated rings. The largest absolute Gasteiger partial charge is 0.293 e. The highest BCUT2D eigenvalue weighted by Crippen LogP contribution is 2.38. The molecule has 0 amide bonds. The van der Waals surface area contributed by atoms with Gasteiger partial charge in [0.05, 0.1) is 5.02 Å². The summed E-state index contributed by atoms with van der Waals surface area (Å²) in [5, 5.41) is 0.544. The standard InChI is InChI=1S/C14H16Cl2FN/c15-10-6-11-2-3-12(7-10)18(11)8-9-1-4-14(17)13(16)5-9/h1,4-5,10-12H,2-3,6-8H2. The van der Waals surface area contributed by atoms with Crippen LogP contribution in [0.25, 0.3) is 0 Å². The van der Waals surface area contributed by atoms with E-state index in [1.165, 1.54) is 18.9 Å². The monoisotopic (exact) mass is 287 g/mol. The highest BCUT2D eigenvalue weighted by Gasteiger charge is 2.39. The smallest absolute Gasteiger partial charge is 0.141 e. The van der Waals surface area contributed by atoms with Crippen molar-refractivity contribution in [3.63, 3.8) is 0 Å². The summed E-state index contributed by atoms with van der Waals surface area (Å²) >= 11 is 12.1. The van der Waals surface area contributed by atoms with Crippen molar-refractivity contribution in [1.82, 2.24) is 4.90 Å². The number of fused-ring (bicyclic) bond motifs is 2. The molecular weight excluding hydrogens is 272 g/mol. The van der Waals surface area contributed by atoms with Crippen molar-refractivity contribution in [2.45, 2.75) is 49.7 Å². The van der Waals surface area contributed by atoms with Crippen LogP contribution in [0.2, 0.25) is 5.02 Å². The lowest BCUT2D eigenvalue weighted by molar-refractivity contribution is 0.134. The Labute approximate surface area is 117 Å². The van der Waals surface area contributed by atoms with Gasteiger partial charge in [-0.05, 0) is 43.4 Å². The van der Waals surface area contributed by atoms with Crippen molar-refractivity contribution < 1.29 is 4.39 Å². The van der Waals surface area contributed by atoms with Gasteiger partial charge in [-0.2, -0.15) is 0 Å². The van der Waals surface area contributed by atoms with E-state index in [1.807, 2.05) is 6.07 Å². The molecule has 1 nitrogen and oxygen atoms in total. The lowest BCUT2D eigenvalue weighted by atomic mass is 10.0. The minimum absolute atomic E-state index is 0.215. The molecule has 0 aliphatic carbocycles. The first-order chi connectivity index (χ1) is 8.63. The maximum absolute atomic E-state index is 13.1. The molecule has 1 aromatic rings. The average Bonchev–Trinajstić information content (AvgIpc) is 2.58. The summed E-state index contributed by atoms with van der Waals surface area (Å²) in [6.07, 6.45) is 4.63. The Bertz CT molecular complexity index is 437. The van der Waals surface area contributed by atoms with Gasteiger partial charge >= 0.3 is 0 Å². The molecule has 2 atom stereocenters. The van der Waals surface area contributed by atoms with Gasteiger partial charge < -0.3 is 0 Å². The van der Waals surface area contributed by atoms with Gasteiger partial charge in [0.2, 0.25) is 0 Å². The Balaban J connectivity index is 1.75. The number of nitrogens with zero attached hydrogens (tertiary/aromatic N) is 1. The van der Waals surface area contributed by atoms with Gasteiger partial charge in [-0.1, -0.05) is 17.7 Å². The second kappa shape index (κ2) is 4.99. The molecule has 2 unspecified atom stereocenters. The number of rotatable bonds is 2. The summed E-state index contributed by atoms with van der Waals surface area (Å²) in [6, 6.07) is 6.20. The topological polar surface area (TPSA) is 3.24 Å². The van der Waals surface area contributed by atoms with Crippen LogP contribution in [-0.2, 0) is 6.54 Å². The third kappa shape index (κ3) is 2.38. The third-order valence-corrected chi connectivity index (χ3v) is 4.82. The fourth-order valence-electron chi connectivity index (χ4n) is 3.31. The predicted octanol–water partition coefficient (Wildman–Crippen LogP) is 4.21. The molecule has 0 spiro atoms. The van der Waals surface area contributed by atoms with E-state index in [2.05, 4.69) is 4.90 Å². The van der Waals surface area contributed by atoms with E-state index in [-0.39, 0.29) is 10.8 Å². The highest BCUT2D eigenvalue weighted by atomic mass is 35.5. The van der Waals surface area contributed by atoms with Crippen LogP contribution < -0.4 is 0 Å². The minimum Gasteiger partial charge on any atom is -0.293 e. The van der Waals surface area contributed by atoms with Crippen molar-refractivity contribution in [3.8, 4) is 0 Å². The number of alkyl halides is 1. The molecule has 98 valence electrons. The van der Waals surface area contributed by atoms with Gasteiger partial charge in [0.1, 0.15) is 5.82 Å².